The number of hydrogen-bond acceptors (Lipinski definition) is 3. The Bertz CT molecular complexity index is 943. The normalized spacial score (nSPS) is 11.8. The zero-order chi connectivity index (χ0) is 18.8. The Morgan fingerprint density at radius 1 is 1.12 bits per heavy atom. The average Bonchev–Trinajstić information content (AvgIpc) is 3.08. The van der Waals surface area contributed by atoms with Crippen LogP contribution in [0.3, 0.4) is 0 Å². The highest BCUT2D eigenvalue weighted by atomic mass is 16.1. The second-order valence-corrected chi connectivity index (χ2v) is 6.99. The number of benzene rings is 1. The molecule has 0 radical (unpaired) electrons. The molecule has 140 valence electrons. The smallest absolute Gasteiger partial charge is 0.302 e. The molecule has 2 heterocycles. The molecular weight excluding hydrogens is 326 g/mol. The number of nitrogens with one attached hydrogen (secondary N) is 1. The number of rotatable bonds is 7. The molecule has 3 aromatic rings. The van der Waals surface area contributed by atoms with Gasteiger partial charge in [-0.1, -0.05) is 6.07 Å². The van der Waals surface area contributed by atoms with Gasteiger partial charge >= 0.3 is 5.69 Å². The number of hydrogen-bond donors (Lipinski definition) is 1. The zero-order valence-corrected chi connectivity index (χ0v) is 16.5. The van der Waals surface area contributed by atoms with Gasteiger partial charge in [0, 0.05) is 31.9 Å². The molecule has 0 amide bonds. The number of aryl methyl sites for hydroxylation is 4. The molecule has 3 rings (SSSR count). The molecule has 1 N–H and O–H groups in total. The van der Waals surface area contributed by atoms with Crippen molar-refractivity contribution in [2.75, 3.05) is 13.6 Å². The number of aromatic nitrogens is 4. The number of H-pyrrole nitrogens is 1. The fourth-order valence-electron chi connectivity index (χ4n) is 3.71. The van der Waals surface area contributed by atoms with E-state index in [-0.39, 0.29) is 5.69 Å². The van der Waals surface area contributed by atoms with Crippen LogP contribution in [0.2, 0.25) is 0 Å². The average molecular weight is 355 g/mol. The molecular formula is C20H29N5O. The van der Waals surface area contributed by atoms with Crippen LogP contribution in [0.5, 0.6) is 0 Å². The summed E-state index contributed by atoms with van der Waals surface area (Å²) < 4.78 is 3.71. The van der Waals surface area contributed by atoms with Crippen LogP contribution < -0.4 is 5.69 Å². The molecule has 6 heteroatoms. The van der Waals surface area contributed by atoms with Gasteiger partial charge in [-0.05, 0) is 64.4 Å². The van der Waals surface area contributed by atoms with E-state index in [9.17, 15) is 4.79 Å². The van der Waals surface area contributed by atoms with Crippen LogP contribution in [-0.2, 0) is 26.1 Å². The minimum atomic E-state index is 0.0846. The monoisotopic (exact) mass is 355 g/mol. The van der Waals surface area contributed by atoms with Gasteiger partial charge in [-0.3, -0.25) is 14.2 Å². The highest BCUT2D eigenvalue weighted by molar-refractivity contribution is 5.77. The summed E-state index contributed by atoms with van der Waals surface area (Å²) >= 11 is 0. The molecule has 0 aliphatic rings. The summed E-state index contributed by atoms with van der Waals surface area (Å²) in [5, 5.41) is 7.32. The molecule has 0 unspecified atom stereocenters. The van der Waals surface area contributed by atoms with Crippen LogP contribution in [0.4, 0.5) is 0 Å². The van der Waals surface area contributed by atoms with E-state index in [0.717, 1.165) is 41.9 Å². The quantitative estimate of drug-likeness (QED) is 0.709. The van der Waals surface area contributed by atoms with Gasteiger partial charge in [-0.2, -0.15) is 5.10 Å². The van der Waals surface area contributed by atoms with E-state index in [1.54, 1.807) is 0 Å². The van der Waals surface area contributed by atoms with Gasteiger partial charge in [0.15, 0.2) is 0 Å². The lowest BCUT2D eigenvalue weighted by Gasteiger charge is -2.17. The summed E-state index contributed by atoms with van der Waals surface area (Å²) in [6.07, 6.45) is 0.985. The minimum absolute atomic E-state index is 0.0846. The van der Waals surface area contributed by atoms with Crippen LogP contribution in [0.25, 0.3) is 11.0 Å². The molecule has 0 saturated carbocycles. The fraction of sp³-hybridized carbons (Fsp3) is 0.500. The number of imidazole rings is 1. The van der Waals surface area contributed by atoms with Gasteiger partial charge in [-0.15, -0.1) is 0 Å². The molecule has 0 fully saturated rings. The van der Waals surface area contributed by atoms with Crippen molar-refractivity contribution in [2.24, 2.45) is 0 Å². The molecule has 2 aromatic heterocycles. The fourth-order valence-corrected chi connectivity index (χ4v) is 3.71. The molecule has 0 aliphatic carbocycles. The van der Waals surface area contributed by atoms with Crippen molar-refractivity contribution >= 4 is 11.0 Å². The van der Waals surface area contributed by atoms with Crippen LogP contribution in [-0.4, -0.2) is 37.8 Å². The maximum atomic E-state index is 12.5. The predicted octanol–water partition coefficient (Wildman–Crippen LogP) is 2.86. The Kier molecular flexibility index (Phi) is 5.32. The molecule has 1 aromatic carbocycles. The van der Waals surface area contributed by atoms with Gasteiger partial charge in [-0.25, -0.2) is 4.79 Å². The lowest BCUT2D eigenvalue weighted by molar-refractivity contribution is 0.331. The first-order valence-electron chi connectivity index (χ1n) is 9.37. The molecule has 6 nitrogen and oxygen atoms in total. The van der Waals surface area contributed by atoms with E-state index >= 15 is 0 Å². The predicted molar refractivity (Wildman–Crippen MR) is 106 cm³/mol. The number of nitrogens with zero attached hydrogens (tertiary/aromatic N) is 4. The van der Waals surface area contributed by atoms with Crippen molar-refractivity contribution < 1.29 is 0 Å². The van der Waals surface area contributed by atoms with Crippen molar-refractivity contribution in [3.63, 3.8) is 0 Å². The van der Waals surface area contributed by atoms with E-state index in [4.69, 9.17) is 0 Å². The summed E-state index contributed by atoms with van der Waals surface area (Å²) in [5.41, 5.74) is 6.93. The molecule has 0 bridgehead atoms. The third-order valence-electron chi connectivity index (χ3n) is 5.19. The third-order valence-corrected chi connectivity index (χ3v) is 5.19. The second-order valence-electron chi connectivity index (χ2n) is 6.99. The molecule has 0 atom stereocenters. The standard InChI is InChI=1S/C20H29N5O/c1-6-24-18-9-8-16(12-19(18)25(7-2)20(24)26)13-23(5)11-10-17-14(3)21-22-15(17)4/h8-9,12H,6-7,10-11,13H2,1-5H3,(H,21,22). The first-order chi connectivity index (χ1) is 12.5. The van der Waals surface area contributed by atoms with Crippen LogP contribution >= 0.6 is 0 Å². The molecule has 26 heavy (non-hydrogen) atoms. The van der Waals surface area contributed by atoms with Crippen molar-refractivity contribution in [2.45, 2.75) is 53.8 Å². The summed E-state index contributed by atoms with van der Waals surface area (Å²) in [4.78, 5) is 14.8. The van der Waals surface area contributed by atoms with Crippen LogP contribution in [0.1, 0.15) is 36.4 Å². The first kappa shape index (κ1) is 18.5. The Morgan fingerprint density at radius 2 is 1.81 bits per heavy atom. The summed E-state index contributed by atoms with van der Waals surface area (Å²) in [7, 11) is 2.14. The van der Waals surface area contributed by atoms with E-state index in [1.165, 1.54) is 11.1 Å². The van der Waals surface area contributed by atoms with Gasteiger partial charge in [0.1, 0.15) is 0 Å². The first-order valence-corrected chi connectivity index (χ1v) is 9.37. The van der Waals surface area contributed by atoms with Gasteiger partial charge in [0.25, 0.3) is 0 Å². The topological polar surface area (TPSA) is 58.9 Å². The van der Waals surface area contributed by atoms with Gasteiger partial charge < -0.3 is 4.90 Å². The SMILES string of the molecule is CCn1c(=O)n(CC)c2cc(CN(C)CCc3c(C)n[nH]c3C)ccc21. The Labute approximate surface area is 154 Å². The van der Waals surface area contributed by atoms with E-state index in [2.05, 4.69) is 54.2 Å². The second kappa shape index (κ2) is 7.50. The van der Waals surface area contributed by atoms with Crippen molar-refractivity contribution in [1.29, 1.82) is 0 Å². The van der Waals surface area contributed by atoms with E-state index < -0.39 is 0 Å². The van der Waals surface area contributed by atoms with Crippen LogP contribution in [0, 0.1) is 13.8 Å². The zero-order valence-electron chi connectivity index (χ0n) is 16.5. The highest BCUT2D eigenvalue weighted by Crippen LogP contribution is 2.17. The molecule has 0 spiro atoms. The number of fused-ring (bicyclic) bond motifs is 1. The minimum Gasteiger partial charge on any atom is -0.302 e. The summed E-state index contributed by atoms with van der Waals surface area (Å²) in [5.74, 6) is 0. The highest BCUT2D eigenvalue weighted by Gasteiger charge is 2.13. The molecule has 0 saturated heterocycles. The Morgan fingerprint density at radius 3 is 2.42 bits per heavy atom. The largest absolute Gasteiger partial charge is 0.329 e. The van der Waals surface area contributed by atoms with Crippen LogP contribution in [0.15, 0.2) is 23.0 Å². The van der Waals surface area contributed by atoms with Crippen molar-refractivity contribution in [3.05, 3.63) is 51.2 Å². The van der Waals surface area contributed by atoms with Gasteiger partial charge in [0.2, 0.25) is 0 Å². The number of aromatic amines is 1. The lowest BCUT2D eigenvalue weighted by Crippen LogP contribution is -2.23. The summed E-state index contributed by atoms with van der Waals surface area (Å²) in [6, 6.07) is 6.38. The van der Waals surface area contributed by atoms with Crippen molar-refractivity contribution in [1.82, 2.24) is 24.2 Å². The summed E-state index contributed by atoms with van der Waals surface area (Å²) in [6.45, 7) is 11.4. The van der Waals surface area contributed by atoms with E-state index in [1.807, 2.05) is 23.0 Å². The number of likely N-dealkylation sites (N-methyl/N-ethyl adjacent to an activating group) is 1. The maximum Gasteiger partial charge on any atom is 0.329 e. The Balaban J connectivity index is 1.77. The third kappa shape index (κ3) is 3.33. The lowest BCUT2D eigenvalue weighted by atomic mass is 10.1. The maximum absolute atomic E-state index is 12.5. The van der Waals surface area contributed by atoms with Gasteiger partial charge in [0.05, 0.1) is 16.7 Å². The Hall–Kier alpha value is -2.34. The molecule has 0 aliphatic heterocycles. The van der Waals surface area contributed by atoms with E-state index in [0.29, 0.717) is 13.1 Å². The van der Waals surface area contributed by atoms with Crippen molar-refractivity contribution in [3.8, 4) is 0 Å².